The van der Waals surface area contributed by atoms with Crippen molar-refractivity contribution in [3.8, 4) is 0 Å². The number of aromatic amines is 1. The van der Waals surface area contributed by atoms with Gasteiger partial charge in [-0.25, -0.2) is 4.79 Å². The molecule has 10 nitrogen and oxygen atoms in total. The second-order valence-electron chi connectivity index (χ2n) is 7.70. The summed E-state index contributed by atoms with van der Waals surface area (Å²) in [5.74, 6) is 0.457. The lowest BCUT2D eigenvalue weighted by atomic mass is 10.1. The lowest BCUT2D eigenvalue weighted by molar-refractivity contribution is 0.0378. The third-order valence-corrected chi connectivity index (χ3v) is 5.58. The maximum Gasteiger partial charge on any atom is 0.329 e. The Labute approximate surface area is 179 Å². The monoisotopic (exact) mass is 428 g/mol. The zero-order chi connectivity index (χ0) is 21.8. The second kappa shape index (κ2) is 9.46. The summed E-state index contributed by atoms with van der Waals surface area (Å²) in [6, 6.07) is 9.25. The van der Waals surface area contributed by atoms with E-state index in [0.29, 0.717) is 12.5 Å². The molecule has 1 saturated heterocycles. The van der Waals surface area contributed by atoms with Crippen LogP contribution in [0.15, 0.2) is 39.9 Å². The lowest BCUT2D eigenvalue weighted by Crippen LogP contribution is -2.37. The highest BCUT2D eigenvalue weighted by Crippen LogP contribution is 2.21. The molecule has 0 amide bonds. The molecule has 1 fully saturated rings. The largest absolute Gasteiger partial charge is 0.387 e. The molecule has 0 unspecified atom stereocenters. The van der Waals surface area contributed by atoms with E-state index in [0.717, 1.165) is 44.8 Å². The van der Waals surface area contributed by atoms with Gasteiger partial charge in [0.2, 0.25) is 5.95 Å². The molecule has 31 heavy (non-hydrogen) atoms. The molecule has 0 radical (unpaired) electrons. The molecule has 3 N–H and O–H groups in total. The summed E-state index contributed by atoms with van der Waals surface area (Å²) in [4.78, 5) is 33.8. The second-order valence-corrected chi connectivity index (χ2v) is 7.70. The van der Waals surface area contributed by atoms with Crippen molar-refractivity contribution < 1.29 is 9.84 Å². The molecular weight excluding hydrogens is 400 g/mol. The van der Waals surface area contributed by atoms with Crippen LogP contribution in [-0.4, -0.2) is 68.5 Å². The van der Waals surface area contributed by atoms with Crippen LogP contribution >= 0.6 is 0 Å². The number of aryl methyl sites for hydroxylation is 1. The molecule has 4 rings (SSSR count). The standard InChI is InChI=1S/C21H28N6O4/c1-25-18-17(19(29)24-21(25)30)27(14-16(28)15-6-3-2-4-7-15)20(23-18)22-8-5-9-26-10-12-31-13-11-26/h2-4,6-7,16,28H,5,8-14H2,1H3,(H,22,23)(H,24,29,30)/t16-/m0/s1. The van der Waals surface area contributed by atoms with Crippen LogP contribution in [0.25, 0.3) is 11.2 Å². The molecule has 0 spiro atoms. The summed E-state index contributed by atoms with van der Waals surface area (Å²) in [5, 5.41) is 14.0. The van der Waals surface area contributed by atoms with E-state index < -0.39 is 17.4 Å². The Morgan fingerprint density at radius 2 is 1.97 bits per heavy atom. The molecule has 1 aliphatic rings. The van der Waals surface area contributed by atoms with Crippen molar-refractivity contribution in [3.05, 3.63) is 56.7 Å². The average molecular weight is 428 g/mol. The van der Waals surface area contributed by atoms with Crippen LogP contribution < -0.4 is 16.6 Å². The molecule has 0 bridgehead atoms. The van der Waals surface area contributed by atoms with Crippen molar-refractivity contribution in [3.63, 3.8) is 0 Å². The van der Waals surface area contributed by atoms with Crippen molar-refractivity contribution in [1.29, 1.82) is 0 Å². The number of aliphatic hydroxyl groups excluding tert-OH is 1. The average Bonchev–Trinajstić information content (AvgIpc) is 3.15. The van der Waals surface area contributed by atoms with Gasteiger partial charge in [0, 0.05) is 26.7 Å². The van der Waals surface area contributed by atoms with Crippen molar-refractivity contribution in [2.45, 2.75) is 19.1 Å². The number of ether oxygens (including phenoxy) is 1. The number of hydrogen-bond acceptors (Lipinski definition) is 7. The van der Waals surface area contributed by atoms with Crippen molar-refractivity contribution in [2.75, 3.05) is 44.7 Å². The highest BCUT2D eigenvalue weighted by atomic mass is 16.5. The van der Waals surface area contributed by atoms with Gasteiger partial charge in [-0.3, -0.25) is 19.2 Å². The fraction of sp³-hybridized carbons (Fsp3) is 0.476. The Kier molecular flexibility index (Phi) is 6.50. The minimum Gasteiger partial charge on any atom is -0.387 e. The maximum atomic E-state index is 12.6. The predicted octanol–water partition coefficient (Wildman–Crippen LogP) is 0.291. The molecule has 2 aromatic heterocycles. The first-order chi connectivity index (χ1) is 15.0. The first-order valence-corrected chi connectivity index (χ1v) is 10.5. The molecule has 1 aromatic carbocycles. The van der Waals surface area contributed by atoms with E-state index in [9.17, 15) is 14.7 Å². The highest BCUT2D eigenvalue weighted by Gasteiger charge is 2.20. The van der Waals surface area contributed by atoms with Gasteiger partial charge in [0.1, 0.15) is 0 Å². The fourth-order valence-electron chi connectivity index (χ4n) is 3.83. The SMILES string of the molecule is Cn1c(=O)[nH]c(=O)c2c1nc(NCCCN1CCOCC1)n2C[C@H](O)c1ccccc1. The van der Waals surface area contributed by atoms with E-state index in [1.54, 1.807) is 11.6 Å². The summed E-state index contributed by atoms with van der Waals surface area (Å²) in [6.45, 7) is 5.09. The van der Waals surface area contributed by atoms with Crippen LogP contribution in [0.2, 0.25) is 0 Å². The van der Waals surface area contributed by atoms with Crippen LogP contribution in [-0.2, 0) is 18.3 Å². The van der Waals surface area contributed by atoms with Gasteiger partial charge in [0.15, 0.2) is 11.2 Å². The van der Waals surface area contributed by atoms with Crippen LogP contribution in [0.5, 0.6) is 0 Å². The van der Waals surface area contributed by atoms with E-state index in [1.165, 1.54) is 4.57 Å². The van der Waals surface area contributed by atoms with E-state index >= 15 is 0 Å². The Morgan fingerprint density at radius 1 is 1.23 bits per heavy atom. The molecule has 3 heterocycles. The first-order valence-electron chi connectivity index (χ1n) is 10.5. The van der Waals surface area contributed by atoms with E-state index in [1.807, 2.05) is 30.3 Å². The van der Waals surface area contributed by atoms with Crippen LogP contribution in [0.3, 0.4) is 0 Å². The molecular formula is C21H28N6O4. The number of rotatable bonds is 8. The quantitative estimate of drug-likeness (QED) is 0.442. The minimum atomic E-state index is -0.830. The van der Waals surface area contributed by atoms with Gasteiger partial charge in [0.05, 0.1) is 25.9 Å². The van der Waals surface area contributed by atoms with Crippen LogP contribution in [0.4, 0.5) is 5.95 Å². The summed E-state index contributed by atoms with van der Waals surface area (Å²) < 4.78 is 8.33. The van der Waals surface area contributed by atoms with Crippen molar-refractivity contribution >= 4 is 17.1 Å². The summed E-state index contributed by atoms with van der Waals surface area (Å²) >= 11 is 0. The van der Waals surface area contributed by atoms with Gasteiger partial charge in [-0.15, -0.1) is 0 Å². The molecule has 0 saturated carbocycles. The molecule has 1 aliphatic heterocycles. The number of aliphatic hydroxyl groups is 1. The lowest BCUT2D eigenvalue weighted by Gasteiger charge is -2.26. The number of H-pyrrole nitrogens is 1. The van der Waals surface area contributed by atoms with Gasteiger partial charge < -0.3 is 19.7 Å². The molecule has 10 heteroatoms. The number of benzene rings is 1. The van der Waals surface area contributed by atoms with Gasteiger partial charge in [-0.05, 0) is 18.5 Å². The summed E-state index contributed by atoms with van der Waals surface area (Å²) in [5.41, 5.74) is 0.234. The smallest absolute Gasteiger partial charge is 0.329 e. The summed E-state index contributed by atoms with van der Waals surface area (Å²) in [6.07, 6.45) is 0.0591. The molecule has 166 valence electrons. The van der Waals surface area contributed by atoms with Crippen molar-refractivity contribution in [1.82, 2.24) is 24.0 Å². The normalized spacial score (nSPS) is 15.9. The number of fused-ring (bicyclic) bond motifs is 1. The van der Waals surface area contributed by atoms with Gasteiger partial charge in [0.25, 0.3) is 5.56 Å². The zero-order valence-electron chi connectivity index (χ0n) is 17.6. The number of anilines is 1. The van der Waals surface area contributed by atoms with Gasteiger partial charge in [-0.1, -0.05) is 30.3 Å². The minimum absolute atomic E-state index is 0.133. The fourth-order valence-corrected chi connectivity index (χ4v) is 3.83. The topological polar surface area (TPSA) is 117 Å². The predicted molar refractivity (Wildman–Crippen MR) is 117 cm³/mol. The number of aromatic nitrogens is 4. The number of hydrogen-bond donors (Lipinski definition) is 3. The van der Waals surface area contributed by atoms with Crippen molar-refractivity contribution in [2.24, 2.45) is 7.05 Å². The van der Waals surface area contributed by atoms with Gasteiger partial charge >= 0.3 is 5.69 Å². The number of imidazole rings is 1. The first kappa shape index (κ1) is 21.3. The van der Waals surface area contributed by atoms with Gasteiger partial charge in [-0.2, -0.15) is 4.98 Å². The highest BCUT2D eigenvalue weighted by molar-refractivity contribution is 5.74. The molecule has 1 atom stereocenters. The Bertz CT molecular complexity index is 1130. The van der Waals surface area contributed by atoms with E-state index in [-0.39, 0.29) is 17.7 Å². The molecule has 3 aromatic rings. The zero-order valence-corrected chi connectivity index (χ0v) is 17.6. The number of morpholine rings is 1. The number of nitrogens with one attached hydrogen (secondary N) is 2. The Hall–Kier alpha value is -2.95. The summed E-state index contributed by atoms with van der Waals surface area (Å²) in [7, 11) is 1.56. The maximum absolute atomic E-state index is 12.6. The van der Waals surface area contributed by atoms with Crippen LogP contribution in [0, 0.1) is 0 Å². The van der Waals surface area contributed by atoms with E-state index in [4.69, 9.17) is 4.74 Å². The third kappa shape index (κ3) is 4.71. The Balaban J connectivity index is 1.58. The number of nitrogens with zero attached hydrogens (tertiary/aromatic N) is 4. The third-order valence-electron chi connectivity index (χ3n) is 5.58. The molecule has 0 aliphatic carbocycles. The van der Waals surface area contributed by atoms with Crippen LogP contribution in [0.1, 0.15) is 18.1 Å². The Morgan fingerprint density at radius 3 is 2.71 bits per heavy atom. The van der Waals surface area contributed by atoms with E-state index in [2.05, 4.69) is 20.2 Å².